The Labute approximate surface area is 121 Å². The zero-order chi connectivity index (χ0) is 14.3. The summed E-state index contributed by atoms with van der Waals surface area (Å²) in [6.45, 7) is 0. The number of carboxylic acids is 1. The van der Waals surface area contributed by atoms with Crippen LogP contribution in [0, 0.1) is 0 Å². The molecule has 0 aliphatic carbocycles. The van der Waals surface area contributed by atoms with Gasteiger partial charge >= 0.3 is 5.97 Å². The quantitative estimate of drug-likeness (QED) is 0.386. The fraction of sp³-hybridized carbons (Fsp3) is 0.500. The summed E-state index contributed by atoms with van der Waals surface area (Å²) in [4.78, 5) is 11.1. The topological polar surface area (TPSA) is 77.8 Å². The molecule has 1 rings (SSSR count). The largest absolute Gasteiger partial charge is 0.504 e. The van der Waals surface area contributed by atoms with Crippen LogP contribution < -0.4 is 0 Å². The van der Waals surface area contributed by atoms with Gasteiger partial charge in [0.1, 0.15) is 5.56 Å². The molecule has 106 valence electrons. The van der Waals surface area contributed by atoms with Crippen molar-refractivity contribution in [2.24, 2.45) is 0 Å². The van der Waals surface area contributed by atoms with Crippen LogP contribution in [0.2, 0.25) is 0 Å². The highest BCUT2D eigenvalue weighted by atomic mass is 79.9. The second kappa shape index (κ2) is 8.04. The molecular formula is C14H19BrO4. The summed E-state index contributed by atoms with van der Waals surface area (Å²) >= 11 is 3.38. The van der Waals surface area contributed by atoms with E-state index in [1.807, 2.05) is 0 Å². The van der Waals surface area contributed by atoms with Crippen molar-refractivity contribution in [2.75, 3.05) is 5.33 Å². The Hall–Kier alpha value is -1.23. The van der Waals surface area contributed by atoms with Gasteiger partial charge in [0.05, 0.1) is 0 Å². The van der Waals surface area contributed by atoms with Gasteiger partial charge in [-0.1, -0.05) is 41.3 Å². The van der Waals surface area contributed by atoms with Crippen LogP contribution in [0.3, 0.4) is 0 Å². The number of aromatic carboxylic acids is 1. The first kappa shape index (κ1) is 15.8. The van der Waals surface area contributed by atoms with E-state index < -0.39 is 17.5 Å². The highest BCUT2D eigenvalue weighted by molar-refractivity contribution is 9.09. The van der Waals surface area contributed by atoms with Crippen LogP contribution in [0.25, 0.3) is 0 Å². The Morgan fingerprint density at radius 1 is 1.05 bits per heavy atom. The number of carboxylic acid groups (broad SMARTS) is 1. The number of rotatable bonds is 8. The lowest BCUT2D eigenvalue weighted by Crippen LogP contribution is -2.03. The van der Waals surface area contributed by atoms with Gasteiger partial charge in [-0.25, -0.2) is 4.79 Å². The maximum absolute atomic E-state index is 11.1. The van der Waals surface area contributed by atoms with Gasteiger partial charge in [-0.2, -0.15) is 0 Å². The molecule has 0 spiro atoms. The van der Waals surface area contributed by atoms with Gasteiger partial charge in [0.15, 0.2) is 11.5 Å². The molecule has 4 nitrogen and oxygen atoms in total. The first-order chi connectivity index (χ1) is 9.07. The Kier molecular flexibility index (Phi) is 6.70. The number of hydrogen-bond donors (Lipinski definition) is 3. The van der Waals surface area contributed by atoms with Crippen LogP contribution >= 0.6 is 15.9 Å². The number of phenols is 2. The van der Waals surface area contributed by atoms with Crippen LogP contribution in [0.5, 0.6) is 11.5 Å². The van der Waals surface area contributed by atoms with Crippen molar-refractivity contribution in [1.82, 2.24) is 0 Å². The van der Waals surface area contributed by atoms with Crippen LogP contribution in [0.15, 0.2) is 12.1 Å². The number of unbranched alkanes of at least 4 members (excludes halogenated alkanes) is 4. The molecule has 0 atom stereocenters. The summed E-state index contributed by atoms with van der Waals surface area (Å²) in [6.07, 6.45) is 5.96. The molecule has 0 saturated carbocycles. The molecule has 1 aromatic rings. The minimum Gasteiger partial charge on any atom is -0.504 e. The van der Waals surface area contributed by atoms with E-state index >= 15 is 0 Å². The number of aryl methyl sites for hydroxylation is 1. The second-order valence-corrected chi connectivity index (χ2v) is 5.27. The Morgan fingerprint density at radius 2 is 1.68 bits per heavy atom. The lowest BCUT2D eigenvalue weighted by Gasteiger charge is -2.09. The molecule has 3 N–H and O–H groups in total. The number of carbonyl (C=O) groups is 1. The number of halogens is 1. The molecular weight excluding hydrogens is 312 g/mol. The number of benzene rings is 1. The molecule has 0 bridgehead atoms. The fourth-order valence-corrected chi connectivity index (χ4v) is 2.41. The number of alkyl halides is 1. The first-order valence-electron chi connectivity index (χ1n) is 6.41. The van der Waals surface area contributed by atoms with E-state index in [2.05, 4.69) is 15.9 Å². The molecule has 0 saturated heterocycles. The van der Waals surface area contributed by atoms with Gasteiger partial charge in [-0.05, 0) is 30.9 Å². The number of aromatic hydroxyl groups is 2. The van der Waals surface area contributed by atoms with Crippen LogP contribution in [0.1, 0.15) is 48.0 Å². The smallest absolute Gasteiger partial charge is 0.339 e. The summed E-state index contributed by atoms with van der Waals surface area (Å²) in [5.74, 6) is -2.13. The minimum atomic E-state index is -1.21. The average Bonchev–Trinajstić information content (AvgIpc) is 2.37. The standard InChI is InChI=1S/C14H19BrO4/c15-9-5-3-1-2-4-6-10-7-8-11(16)13(17)12(10)14(18)19/h7-8,16-17H,1-6,9H2,(H,18,19). The van der Waals surface area contributed by atoms with Crippen LogP contribution in [0.4, 0.5) is 0 Å². The first-order valence-corrected chi connectivity index (χ1v) is 7.53. The molecule has 0 aromatic heterocycles. The van der Waals surface area contributed by atoms with E-state index in [0.29, 0.717) is 12.0 Å². The molecule has 1 aromatic carbocycles. The summed E-state index contributed by atoms with van der Waals surface area (Å²) in [5.41, 5.74) is 0.392. The highest BCUT2D eigenvalue weighted by Gasteiger charge is 2.18. The van der Waals surface area contributed by atoms with Gasteiger partial charge in [0.2, 0.25) is 0 Å². The Morgan fingerprint density at radius 3 is 2.32 bits per heavy atom. The van der Waals surface area contributed by atoms with Crippen molar-refractivity contribution in [2.45, 2.75) is 38.5 Å². The summed E-state index contributed by atoms with van der Waals surface area (Å²) < 4.78 is 0. The third-order valence-electron chi connectivity index (χ3n) is 3.04. The lowest BCUT2D eigenvalue weighted by molar-refractivity contribution is 0.0691. The molecule has 0 aliphatic rings. The van der Waals surface area contributed by atoms with E-state index in [1.165, 1.54) is 6.07 Å². The lowest BCUT2D eigenvalue weighted by atomic mass is 9.99. The van der Waals surface area contributed by atoms with Crippen molar-refractivity contribution < 1.29 is 20.1 Å². The SMILES string of the molecule is O=C(O)c1c(CCCCCCCBr)ccc(O)c1O. The zero-order valence-electron chi connectivity index (χ0n) is 10.7. The van der Waals surface area contributed by atoms with E-state index in [-0.39, 0.29) is 5.56 Å². The van der Waals surface area contributed by atoms with Gasteiger partial charge in [-0.3, -0.25) is 0 Å². The van der Waals surface area contributed by atoms with E-state index in [0.717, 1.165) is 37.4 Å². The average molecular weight is 331 g/mol. The van der Waals surface area contributed by atoms with E-state index in [9.17, 15) is 15.0 Å². The molecule has 0 heterocycles. The minimum absolute atomic E-state index is 0.180. The van der Waals surface area contributed by atoms with E-state index in [4.69, 9.17) is 5.11 Å². The Balaban J connectivity index is 2.58. The molecule has 0 radical (unpaired) electrons. The van der Waals surface area contributed by atoms with Gasteiger partial charge < -0.3 is 15.3 Å². The van der Waals surface area contributed by atoms with Gasteiger partial charge in [0.25, 0.3) is 0 Å². The molecule has 0 unspecified atom stereocenters. The van der Waals surface area contributed by atoms with E-state index in [1.54, 1.807) is 6.07 Å². The summed E-state index contributed by atoms with van der Waals surface area (Å²) in [7, 11) is 0. The summed E-state index contributed by atoms with van der Waals surface area (Å²) in [6, 6.07) is 2.90. The van der Waals surface area contributed by atoms with Crippen molar-refractivity contribution in [3.05, 3.63) is 23.3 Å². The van der Waals surface area contributed by atoms with Crippen molar-refractivity contribution in [3.63, 3.8) is 0 Å². The summed E-state index contributed by atoms with van der Waals surface area (Å²) in [5, 5.41) is 29.0. The van der Waals surface area contributed by atoms with Crippen molar-refractivity contribution >= 4 is 21.9 Å². The number of phenolic OH excluding ortho intramolecular Hbond substituents is 1. The molecule has 19 heavy (non-hydrogen) atoms. The van der Waals surface area contributed by atoms with Gasteiger partial charge in [0, 0.05) is 5.33 Å². The van der Waals surface area contributed by atoms with Crippen LogP contribution in [-0.4, -0.2) is 26.6 Å². The Bertz CT molecular complexity index is 432. The normalized spacial score (nSPS) is 10.6. The maximum atomic E-state index is 11.1. The molecule has 0 aliphatic heterocycles. The molecule has 0 amide bonds. The van der Waals surface area contributed by atoms with Crippen molar-refractivity contribution in [3.8, 4) is 11.5 Å². The molecule has 5 heteroatoms. The third-order valence-corrected chi connectivity index (χ3v) is 3.60. The van der Waals surface area contributed by atoms with Crippen molar-refractivity contribution in [1.29, 1.82) is 0 Å². The molecule has 0 fully saturated rings. The highest BCUT2D eigenvalue weighted by Crippen LogP contribution is 2.32. The van der Waals surface area contributed by atoms with Crippen LogP contribution in [-0.2, 0) is 6.42 Å². The predicted molar refractivity (Wildman–Crippen MR) is 77.3 cm³/mol. The maximum Gasteiger partial charge on any atom is 0.339 e. The number of hydrogen-bond acceptors (Lipinski definition) is 3. The predicted octanol–water partition coefficient (Wildman–Crippen LogP) is 3.68. The fourth-order valence-electron chi connectivity index (χ4n) is 2.01. The second-order valence-electron chi connectivity index (χ2n) is 4.48. The third kappa shape index (κ3) is 4.74. The van der Waals surface area contributed by atoms with Gasteiger partial charge in [-0.15, -0.1) is 0 Å². The monoisotopic (exact) mass is 330 g/mol. The zero-order valence-corrected chi connectivity index (χ0v) is 12.3.